The van der Waals surface area contributed by atoms with E-state index in [0.29, 0.717) is 0 Å². The van der Waals surface area contributed by atoms with E-state index in [9.17, 15) is 0 Å². The molecule has 3 nitrogen and oxygen atoms in total. The molecule has 3 heterocycles. The van der Waals surface area contributed by atoms with Crippen molar-refractivity contribution in [2.75, 3.05) is 0 Å². The number of nitrogens with one attached hydrogen (secondary N) is 1. The molecule has 3 heteroatoms. The van der Waals surface area contributed by atoms with Gasteiger partial charge in [0.1, 0.15) is 5.65 Å². The zero-order valence-electron chi connectivity index (χ0n) is 13.6. The second kappa shape index (κ2) is 4.29. The van der Waals surface area contributed by atoms with Crippen LogP contribution in [0.15, 0.2) is 18.5 Å². The van der Waals surface area contributed by atoms with Gasteiger partial charge in [0.25, 0.3) is 0 Å². The minimum absolute atomic E-state index is 0.935. The van der Waals surface area contributed by atoms with E-state index in [0.717, 1.165) is 22.2 Å². The quantitative estimate of drug-likeness (QED) is 0.505. The van der Waals surface area contributed by atoms with Crippen LogP contribution in [0.3, 0.4) is 0 Å². The smallest absolute Gasteiger partial charge is 0.138 e. The van der Waals surface area contributed by atoms with Crippen LogP contribution in [-0.4, -0.2) is 15.0 Å². The molecule has 0 aliphatic rings. The molecule has 4 rings (SSSR count). The lowest BCUT2D eigenvalue weighted by atomic mass is 9.93. The van der Waals surface area contributed by atoms with Crippen molar-refractivity contribution in [3.63, 3.8) is 0 Å². The highest BCUT2D eigenvalue weighted by Gasteiger charge is 2.16. The SMILES string of the molecule is Cc1c(C)c(C)c2c(nc(C)c3cnc4[nH]ccc2c43)c1C. The molecule has 0 saturated heterocycles. The van der Waals surface area contributed by atoms with Gasteiger partial charge in [0.05, 0.1) is 5.52 Å². The van der Waals surface area contributed by atoms with Gasteiger partial charge in [-0.25, -0.2) is 4.98 Å². The molecule has 1 aromatic carbocycles. The number of nitrogens with zero attached hydrogens (tertiary/aromatic N) is 2. The zero-order valence-corrected chi connectivity index (χ0v) is 13.6. The van der Waals surface area contributed by atoms with Gasteiger partial charge in [-0.2, -0.15) is 0 Å². The Kier molecular flexibility index (Phi) is 2.59. The number of aryl methyl sites for hydroxylation is 3. The van der Waals surface area contributed by atoms with Crippen LogP contribution in [0, 0.1) is 34.6 Å². The normalized spacial score (nSPS) is 11.9. The average molecular weight is 289 g/mol. The van der Waals surface area contributed by atoms with Crippen LogP contribution >= 0.6 is 0 Å². The largest absolute Gasteiger partial charge is 0.346 e. The van der Waals surface area contributed by atoms with E-state index in [4.69, 9.17) is 4.98 Å². The molecule has 110 valence electrons. The first-order chi connectivity index (χ1) is 10.5. The Bertz CT molecular complexity index is 1070. The van der Waals surface area contributed by atoms with Gasteiger partial charge in [-0.3, -0.25) is 4.98 Å². The van der Waals surface area contributed by atoms with E-state index in [1.807, 2.05) is 12.4 Å². The van der Waals surface area contributed by atoms with Gasteiger partial charge in [-0.1, -0.05) is 0 Å². The first-order valence-corrected chi connectivity index (χ1v) is 7.63. The summed E-state index contributed by atoms with van der Waals surface area (Å²) in [6, 6.07) is 2.15. The maximum atomic E-state index is 4.98. The Morgan fingerprint density at radius 3 is 2.32 bits per heavy atom. The van der Waals surface area contributed by atoms with Crippen molar-refractivity contribution in [3.8, 4) is 0 Å². The third-order valence-electron chi connectivity index (χ3n) is 5.16. The number of aromatic amines is 1. The molecule has 0 unspecified atom stereocenters. The predicted octanol–water partition coefficient (Wildman–Crippen LogP) is 4.81. The Morgan fingerprint density at radius 2 is 1.55 bits per heavy atom. The molecule has 4 aromatic rings. The number of aromatic nitrogens is 3. The Hall–Kier alpha value is -2.42. The summed E-state index contributed by atoms with van der Waals surface area (Å²) in [5, 5.41) is 4.81. The zero-order chi connectivity index (χ0) is 15.6. The van der Waals surface area contributed by atoms with Crippen molar-refractivity contribution in [3.05, 3.63) is 46.4 Å². The number of hydrogen-bond donors (Lipinski definition) is 1. The molecule has 0 radical (unpaired) electrons. The molecule has 0 spiro atoms. The van der Waals surface area contributed by atoms with Gasteiger partial charge in [-0.15, -0.1) is 0 Å². The summed E-state index contributed by atoms with van der Waals surface area (Å²) in [5.74, 6) is 0. The van der Waals surface area contributed by atoms with Crippen molar-refractivity contribution >= 4 is 32.7 Å². The Labute approximate surface area is 129 Å². The third-order valence-corrected chi connectivity index (χ3v) is 5.16. The summed E-state index contributed by atoms with van der Waals surface area (Å²) in [4.78, 5) is 12.7. The highest BCUT2D eigenvalue weighted by atomic mass is 14.8. The summed E-state index contributed by atoms with van der Waals surface area (Å²) in [6.07, 6.45) is 3.91. The van der Waals surface area contributed by atoms with Gasteiger partial charge < -0.3 is 4.98 Å². The van der Waals surface area contributed by atoms with Gasteiger partial charge in [0.15, 0.2) is 0 Å². The third kappa shape index (κ3) is 1.51. The summed E-state index contributed by atoms with van der Waals surface area (Å²) >= 11 is 0. The molecule has 3 aromatic heterocycles. The van der Waals surface area contributed by atoms with E-state index >= 15 is 0 Å². The molecule has 22 heavy (non-hydrogen) atoms. The Balaban J connectivity index is 2.49. The topological polar surface area (TPSA) is 41.6 Å². The van der Waals surface area contributed by atoms with Crippen LogP contribution < -0.4 is 0 Å². The molecule has 0 aliphatic heterocycles. The summed E-state index contributed by atoms with van der Waals surface area (Å²) in [5.41, 5.74) is 8.37. The lowest BCUT2D eigenvalue weighted by molar-refractivity contribution is 1.21. The number of rotatable bonds is 0. The molecule has 0 saturated carbocycles. The fourth-order valence-corrected chi connectivity index (χ4v) is 3.53. The fraction of sp³-hybridized carbons (Fsp3) is 0.263. The average Bonchev–Trinajstić information content (AvgIpc) is 2.90. The van der Waals surface area contributed by atoms with E-state index in [1.165, 1.54) is 38.4 Å². The number of pyridine rings is 1. The summed E-state index contributed by atoms with van der Waals surface area (Å²) < 4.78 is 0. The molecule has 1 N–H and O–H groups in total. The maximum absolute atomic E-state index is 4.98. The van der Waals surface area contributed by atoms with Gasteiger partial charge in [-0.05, 0) is 68.3 Å². The fourth-order valence-electron chi connectivity index (χ4n) is 3.53. The van der Waals surface area contributed by atoms with Crippen molar-refractivity contribution in [1.29, 1.82) is 0 Å². The number of fused-ring (bicyclic) bond motifs is 2. The Morgan fingerprint density at radius 1 is 0.818 bits per heavy atom. The number of benzene rings is 1. The second-order valence-electron chi connectivity index (χ2n) is 6.21. The van der Waals surface area contributed by atoms with E-state index < -0.39 is 0 Å². The second-order valence-corrected chi connectivity index (χ2v) is 6.21. The molecule has 0 amide bonds. The van der Waals surface area contributed by atoms with E-state index in [1.54, 1.807) is 0 Å². The molecular formula is C19H19N3. The first-order valence-electron chi connectivity index (χ1n) is 7.63. The van der Waals surface area contributed by atoms with Crippen LogP contribution in [0.25, 0.3) is 32.7 Å². The summed E-state index contributed by atoms with van der Waals surface area (Å²) in [7, 11) is 0. The lowest BCUT2D eigenvalue weighted by Crippen LogP contribution is -1.95. The van der Waals surface area contributed by atoms with Crippen LogP contribution in [0.4, 0.5) is 0 Å². The number of H-pyrrole nitrogens is 1. The van der Waals surface area contributed by atoms with Gasteiger partial charge >= 0.3 is 0 Å². The van der Waals surface area contributed by atoms with Crippen molar-refractivity contribution in [2.45, 2.75) is 34.6 Å². The van der Waals surface area contributed by atoms with Crippen LogP contribution in [0.2, 0.25) is 0 Å². The van der Waals surface area contributed by atoms with Crippen LogP contribution in [-0.2, 0) is 0 Å². The monoisotopic (exact) mass is 289 g/mol. The van der Waals surface area contributed by atoms with Crippen molar-refractivity contribution in [2.24, 2.45) is 0 Å². The molecule has 0 atom stereocenters. The predicted molar refractivity (Wildman–Crippen MR) is 92.6 cm³/mol. The highest BCUT2D eigenvalue weighted by Crippen LogP contribution is 2.36. The van der Waals surface area contributed by atoms with Gasteiger partial charge in [0.2, 0.25) is 0 Å². The van der Waals surface area contributed by atoms with Crippen molar-refractivity contribution < 1.29 is 0 Å². The van der Waals surface area contributed by atoms with Crippen LogP contribution in [0.1, 0.15) is 27.9 Å². The minimum atomic E-state index is 0.935. The van der Waals surface area contributed by atoms with E-state index in [-0.39, 0.29) is 0 Å². The van der Waals surface area contributed by atoms with E-state index in [2.05, 4.69) is 50.7 Å². The standard InChI is InChI=1S/C19H19N3/c1-9-10(2)12(4)18-16(11(9)3)14-6-7-20-19-17(14)15(8-21-19)13(5)22-18/h6-8H,1-5H3,(H,20,21). The van der Waals surface area contributed by atoms with Gasteiger partial charge in [0, 0.05) is 34.2 Å². The lowest BCUT2D eigenvalue weighted by Gasteiger charge is -2.12. The molecule has 0 aliphatic carbocycles. The molecule has 0 bridgehead atoms. The van der Waals surface area contributed by atoms with Crippen LogP contribution in [0.5, 0.6) is 0 Å². The molecular weight excluding hydrogens is 270 g/mol. The first kappa shape index (κ1) is 13.3. The highest BCUT2D eigenvalue weighted by molar-refractivity contribution is 6.18. The molecule has 0 fully saturated rings. The van der Waals surface area contributed by atoms with Crippen molar-refractivity contribution in [1.82, 2.24) is 15.0 Å². The number of hydrogen-bond acceptors (Lipinski definition) is 2. The maximum Gasteiger partial charge on any atom is 0.138 e. The minimum Gasteiger partial charge on any atom is -0.346 e. The summed E-state index contributed by atoms with van der Waals surface area (Å²) in [6.45, 7) is 10.9.